The topological polar surface area (TPSA) is 51.5 Å². The molecule has 0 aliphatic carbocycles. The average molecular weight is 271 g/mol. The summed E-state index contributed by atoms with van der Waals surface area (Å²) < 4.78 is 11.1. The van der Waals surface area contributed by atoms with Crippen LogP contribution in [0.2, 0.25) is 0 Å². The number of rotatable bonds is 4. The molecule has 0 bridgehead atoms. The maximum atomic E-state index is 12.0. The van der Waals surface area contributed by atoms with Crippen LogP contribution in [0, 0.1) is 0 Å². The van der Waals surface area contributed by atoms with Crippen LogP contribution in [0.1, 0.15) is 23.4 Å². The van der Waals surface area contributed by atoms with Crippen LogP contribution in [0.15, 0.2) is 46.9 Å². The van der Waals surface area contributed by atoms with Crippen LogP contribution in [-0.4, -0.2) is 25.2 Å². The summed E-state index contributed by atoms with van der Waals surface area (Å²) in [6, 6.07) is 13.2. The second kappa shape index (κ2) is 5.92. The van der Waals surface area contributed by atoms with Crippen LogP contribution in [-0.2, 0) is 4.74 Å². The molecule has 0 unspecified atom stereocenters. The number of carbonyl (C=O) groups excluding carboxylic acids is 1. The quantitative estimate of drug-likeness (QED) is 0.930. The maximum Gasteiger partial charge on any atom is 0.287 e. The SMILES string of the molecule is O=C(NC[C@@H]1CCCO1)c1ccc(-c2ccccc2)o1. The van der Waals surface area contributed by atoms with Crippen molar-refractivity contribution in [2.24, 2.45) is 0 Å². The first-order valence-corrected chi connectivity index (χ1v) is 6.88. The summed E-state index contributed by atoms with van der Waals surface area (Å²) in [6.07, 6.45) is 2.22. The van der Waals surface area contributed by atoms with Gasteiger partial charge in [0.2, 0.25) is 0 Å². The highest BCUT2D eigenvalue weighted by atomic mass is 16.5. The van der Waals surface area contributed by atoms with Crippen molar-refractivity contribution in [1.82, 2.24) is 5.32 Å². The molecule has 4 heteroatoms. The molecule has 0 radical (unpaired) electrons. The van der Waals surface area contributed by atoms with Gasteiger partial charge in [-0.1, -0.05) is 30.3 Å². The van der Waals surface area contributed by atoms with Crippen molar-refractivity contribution >= 4 is 5.91 Å². The lowest BCUT2D eigenvalue weighted by atomic mass is 10.2. The minimum Gasteiger partial charge on any atom is -0.451 e. The van der Waals surface area contributed by atoms with E-state index >= 15 is 0 Å². The van der Waals surface area contributed by atoms with E-state index in [1.165, 1.54) is 0 Å². The number of benzene rings is 1. The monoisotopic (exact) mass is 271 g/mol. The van der Waals surface area contributed by atoms with Gasteiger partial charge in [-0.25, -0.2) is 0 Å². The Kier molecular flexibility index (Phi) is 3.83. The Morgan fingerprint density at radius 2 is 2.05 bits per heavy atom. The molecule has 2 heterocycles. The van der Waals surface area contributed by atoms with Crippen LogP contribution in [0.3, 0.4) is 0 Å². The summed E-state index contributed by atoms with van der Waals surface area (Å²) in [7, 11) is 0. The standard InChI is InChI=1S/C16H17NO3/c18-16(17-11-13-7-4-10-19-13)15-9-8-14(20-15)12-5-2-1-3-6-12/h1-3,5-6,8-9,13H,4,7,10-11H2,(H,17,18)/t13-/m0/s1. The Balaban J connectivity index is 1.62. The van der Waals surface area contributed by atoms with Crippen LogP contribution in [0.25, 0.3) is 11.3 Å². The summed E-state index contributed by atoms with van der Waals surface area (Å²) >= 11 is 0. The van der Waals surface area contributed by atoms with Gasteiger partial charge in [0.25, 0.3) is 5.91 Å². The molecule has 1 N–H and O–H groups in total. The predicted molar refractivity (Wildman–Crippen MR) is 75.5 cm³/mol. The van der Waals surface area contributed by atoms with Crippen molar-refractivity contribution in [3.05, 3.63) is 48.2 Å². The van der Waals surface area contributed by atoms with E-state index < -0.39 is 0 Å². The average Bonchev–Trinajstić information content (AvgIpc) is 3.17. The molecular formula is C16H17NO3. The molecule has 1 aliphatic rings. The van der Waals surface area contributed by atoms with Gasteiger partial charge in [0.1, 0.15) is 5.76 Å². The lowest BCUT2D eigenvalue weighted by Gasteiger charge is -2.09. The predicted octanol–water partition coefficient (Wildman–Crippen LogP) is 2.86. The molecular weight excluding hydrogens is 254 g/mol. The van der Waals surface area contributed by atoms with E-state index in [0.717, 1.165) is 25.0 Å². The Morgan fingerprint density at radius 3 is 2.80 bits per heavy atom. The van der Waals surface area contributed by atoms with Crippen molar-refractivity contribution in [3.8, 4) is 11.3 Å². The maximum absolute atomic E-state index is 12.0. The zero-order chi connectivity index (χ0) is 13.8. The minimum absolute atomic E-state index is 0.141. The van der Waals surface area contributed by atoms with Crippen LogP contribution < -0.4 is 5.32 Å². The van der Waals surface area contributed by atoms with Crippen molar-refractivity contribution in [2.45, 2.75) is 18.9 Å². The number of hydrogen-bond donors (Lipinski definition) is 1. The van der Waals surface area contributed by atoms with E-state index in [1.807, 2.05) is 36.4 Å². The van der Waals surface area contributed by atoms with Crippen LogP contribution in [0.5, 0.6) is 0 Å². The van der Waals surface area contributed by atoms with Gasteiger partial charge < -0.3 is 14.5 Å². The van der Waals surface area contributed by atoms with E-state index in [4.69, 9.17) is 9.15 Å². The third kappa shape index (κ3) is 2.91. The molecule has 20 heavy (non-hydrogen) atoms. The number of amides is 1. The Hall–Kier alpha value is -2.07. The molecule has 0 spiro atoms. The molecule has 1 fully saturated rings. The van der Waals surface area contributed by atoms with Gasteiger partial charge in [0.05, 0.1) is 6.10 Å². The molecule has 1 saturated heterocycles. The Labute approximate surface area is 117 Å². The molecule has 2 aromatic rings. The van der Waals surface area contributed by atoms with Gasteiger partial charge in [-0.15, -0.1) is 0 Å². The first kappa shape index (κ1) is 12.9. The van der Waals surface area contributed by atoms with Gasteiger partial charge in [-0.2, -0.15) is 0 Å². The molecule has 1 aromatic carbocycles. The largest absolute Gasteiger partial charge is 0.451 e. The lowest BCUT2D eigenvalue weighted by molar-refractivity contribution is 0.0836. The summed E-state index contributed by atoms with van der Waals surface area (Å²) in [6.45, 7) is 1.33. The fourth-order valence-corrected chi connectivity index (χ4v) is 2.32. The second-order valence-corrected chi connectivity index (χ2v) is 4.87. The van der Waals surface area contributed by atoms with Gasteiger partial charge in [-0.05, 0) is 25.0 Å². The first-order chi connectivity index (χ1) is 9.83. The summed E-state index contributed by atoms with van der Waals surface area (Å²) in [5, 5.41) is 2.85. The minimum atomic E-state index is -0.192. The fourth-order valence-electron chi connectivity index (χ4n) is 2.32. The van der Waals surface area contributed by atoms with E-state index in [2.05, 4.69) is 5.32 Å². The number of carbonyl (C=O) groups is 1. The summed E-state index contributed by atoms with van der Waals surface area (Å²) in [5.74, 6) is 0.845. The molecule has 0 saturated carbocycles. The first-order valence-electron chi connectivity index (χ1n) is 6.88. The van der Waals surface area contributed by atoms with Crippen molar-refractivity contribution < 1.29 is 13.9 Å². The van der Waals surface area contributed by atoms with Gasteiger partial charge in [0.15, 0.2) is 5.76 Å². The third-order valence-corrected chi connectivity index (χ3v) is 3.40. The van der Waals surface area contributed by atoms with E-state index in [1.54, 1.807) is 6.07 Å². The zero-order valence-corrected chi connectivity index (χ0v) is 11.2. The van der Waals surface area contributed by atoms with E-state index in [-0.39, 0.29) is 12.0 Å². The molecule has 104 valence electrons. The van der Waals surface area contributed by atoms with Gasteiger partial charge in [-0.3, -0.25) is 4.79 Å². The Bertz CT molecular complexity index is 570. The highest BCUT2D eigenvalue weighted by molar-refractivity contribution is 5.92. The molecule has 1 amide bonds. The molecule has 1 atom stereocenters. The lowest BCUT2D eigenvalue weighted by Crippen LogP contribution is -2.31. The summed E-state index contributed by atoms with van der Waals surface area (Å²) in [5.41, 5.74) is 0.964. The molecule has 3 rings (SSSR count). The van der Waals surface area contributed by atoms with E-state index in [0.29, 0.717) is 18.1 Å². The second-order valence-electron chi connectivity index (χ2n) is 4.87. The Morgan fingerprint density at radius 1 is 1.20 bits per heavy atom. The van der Waals surface area contributed by atoms with Gasteiger partial charge in [0, 0.05) is 18.7 Å². The highest BCUT2D eigenvalue weighted by Gasteiger charge is 2.18. The summed E-state index contributed by atoms with van der Waals surface area (Å²) in [4.78, 5) is 12.0. The van der Waals surface area contributed by atoms with Crippen molar-refractivity contribution in [2.75, 3.05) is 13.2 Å². The third-order valence-electron chi connectivity index (χ3n) is 3.40. The highest BCUT2D eigenvalue weighted by Crippen LogP contribution is 2.21. The van der Waals surface area contributed by atoms with Crippen LogP contribution in [0.4, 0.5) is 0 Å². The molecule has 1 aromatic heterocycles. The van der Waals surface area contributed by atoms with E-state index in [9.17, 15) is 4.79 Å². The smallest absolute Gasteiger partial charge is 0.287 e. The number of ether oxygens (including phenoxy) is 1. The number of hydrogen-bond acceptors (Lipinski definition) is 3. The number of furan rings is 1. The zero-order valence-electron chi connectivity index (χ0n) is 11.2. The fraction of sp³-hybridized carbons (Fsp3) is 0.312. The normalized spacial score (nSPS) is 18.1. The van der Waals surface area contributed by atoms with Gasteiger partial charge >= 0.3 is 0 Å². The van der Waals surface area contributed by atoms with Crippen LogP contribution >= 0.6 is 0 Å². The van der Waals surface area contributed by atoms with Crippen molar-refractivity contribution in [3.63, 3.8) is 0 Å². The van der Waals surface area contributed by atoms with Crippen molar-refractivity contribution in [1.29, 1.82) is 0 Å². The molecule has 4 nitrogen and oxygen atoms in total. The molecule has 1 aliphatic heterocycles. The number of nitrogens with one attached hydrogen (secondary N) is 1.